The highest BCUT2D eigenvalue weighted by Crippen LogP contribution is 2.54. The predicted octanol–water partition coefficient (Wildman–Crippen LogP) is 2.80. The van der Waals surface area contributed by atoms with Crippen molar-refractivity contribution in [1.82, 2.24) is 9.88 Å². The molecule has 2 aliphatic carbocycles. The predicted molar refractivity (Wildman–Crippen MR) is 108 cm³/mol. The first-order chi connectivity index (χ1) is 14.9. The third-order valence-corrected chi connectivity index (χ3v) is 6.47. The highest BCUT2D eigenvalue weighted by molar-refractivity contribution is 6.07. The number of carbonyl (C=O) groups is 3. The standard InChI is InChI=1S/C23H20FN3O4/c24-15-4-1-3-12(10-15)16(11-18(29)26-21-17(28)5-2-8-25-21)27-22(30)19-13-6-7-14(9-13)20(19)23(27)31/h1-8,10,13-14,16,19-20,28H,9,11H2,(H,25,26,29). The van der Waals surface area contributed by atoms with Gasteiger partial charge in [-0.2, -0.15) is 0 Å². The average Bonchev–Trinajstić information content (AvgIpc) is 3.42. The molecule has 1 aromatic heterocycles. The van der Waals surface area contributed by atoms with E-state index in [1.165, 1.54) is 36.5 Å². The molecule has 8 heteroatoms. The third-order valence-electron chi connectivity index (χ3n) is 6.47. The maximum absolute atomic E-state index is 14.0. The second kappa shape index (κ2) is 7.30. The van der Waals surface area contributed by atoms with Crippen LogP contribution in [0.1, 0.15) is 24.4 Å². The number of nitrogens with zero attached hydrogens (tertiary/aromatic N) is 2. The minimum Gasteiger partial charge on any atom is -0.504 e. The van der Waals surface area contributed by atoms with Crippen molar-refractivity contribution in [1.29, 1.82) is 0 Å². The summed E-state index contributed by atoms with van der Waals surface area (Å²) in [6.07, 6.45) is 5.92. The molecule has 2 bridgehead atoms. The number of rotatable bonds is 5. The zero-order chi connectivity index (χ0) is 21.7. The number of aromatic nitrogens is 1. The van der Waals surface area contributed by atoms with Crippen molar-refractivity contribution in [2.75, 3.05) is 5.32 Å². The largest absolute Gasteiger partial charge is 0.504 e. The fraction of sp³-hybridized carbons (Fsp3) is 0.304. The zero-order valence-electron chi connectivity index (χ0n) is 16.4. The summed E-state index contributed by atoms with van der Waals surface area (Å²) < 4.78 is 14.0. The Labute approximate surface area is 177 Å². The van der Waals surface area contributed by atoms with E-state index in [9.17, 15) is 23.9 Å². The van der Waals surface area contributed by atoms with Crippen molar-refractivity contribution in [3.8, 4) is 5.75 Å². The van der Waals surface area contributed by atoms with Crippen molar-refractivity contribution in [3.63, 3.8) is 0 Å². The number of carbonyl (C=O) groups excluding carboxylic acids is 3. The second-order valence-electron chi connectivity index (χ2n) is 8.24. The van der Waals surface area contributed by atoms with Gasteiger partial charge in [-0.25, -0.2) is 9.37 Å². The Bertz CT molecular complexity index is 1090. The number of imide groups is 1. The van der Waals surface area contributed by atoms with E-state index in [2.05, 4.69) is 10.3 Å². The Kier molecular flexibility index (Phi) is 4.57. The van der Waals surface area contributed by atoms with Crippen LogP contribution in [0.15, 0.2) is 54.7 Å². The average molecular weight is 421 g/mol. The number of likely N-dealkylation sites (tertiary alicyclic amines) is 1. The fourth-order valence-corrected chi connectivity index (χ4v) is 5.16. The molecule has 3 aliphatic rings. The van der Waals surface area contributed by atoms with Gasteiger partial charge >= 0.3 is 0 Å². The van der Waals surface area contributed by atoms with Crippen LogP contribution in [0.2, 0.25) is 0 Å². The molecular formula is C23H20FN3O4. The van der Waals surface area contributed by atoms with Crippen LogP contribution in [-0.4, -0.2) is 32.7 Å². The minimum absolute atomic E-state index is 0.0244. The highest BCUT2D eigenvalue weighted by atomic mass is 19.1. The Morgan fingerprint density at radius 2 is 1.87 bits per heavy atom. The van der Waals surface area contributed by atoms with Crippen LogP contribution in [0.3, 0.4) is 0 Å². The molecule has 1 aromatic carbocycles. The molecule has 2 fully saturated rings. The molecule has 2 aromatic rings. The first-order valence-corrected chi connectivity index (χ1v) is 10.2. The molecule has 1 saturated carbocycles. The summed E-state index contributed by atoms with van der Waals surface area (Å²) in [4.78, 5) is 44.4. The first-order valence-electron chi connectivity index (χ1n) is 10.2. The van der Waals surface area contributed by atoms with Crippen molar-refractivity contribution >= 4 is 23.5 Å². The molecule has 158 valence electrons. The maximum Gasteiger partial charge on any atom is 0.234 e. The van der Waals surface area contributed by atoms with Crippen molar-refractivity contribution in [2.45, 2.75) is 18.9 Å². The molecule has 2 heterocycles. The van der Waals surface area contributed by atoms with Gasteiger partial charge in [-0.1, -0.05) is 24.3 Å². The summed E-state index contributed by atoms with van der Waals surface area (Å²) in [6, 6.07) is 7.52. The van der Waals surface area contributed by atoms with Gasteiger partial charge in [0.05, 0.1) is 24.3 Å². The minimum atomic E-state index is -0.952. The number of nitrogens with one attached hydrogen (secondary N) is 1. The SMILES string of the molecule is O=C(CC(c1cccc(F)c1)N1C(=O)C2C3C=CC(C3)C2C1=O)Nc1ncccc1O. The Balaban J connectivity index is 1.46. The summed E-state index contributed by atoms with van der Waals surface area (Å²) in [5.41, 5.74) is 0.363. The summed E-state index contributed by atoms with van der Waals surface area (Å²) in [7, 11) is 0. The molecule has 1 aliphatic heterocycles. The molecule has 5 atom stereocenters. The number of amides is 3. The second-order valence-corrected chi connectivity index (χ2v) is 8.24. The Morgan fingerprint density at radius 3 is 2.52 bits per heavy atom. The molecule has 5 rings (SSSR count). The number of hydrogen-bond donors (Lipinski definition) is 2. The Hall–Kier alpha value is -3.55. The lowest BCUT2D eigenvalue weighted by Crippen LogP contribution is -2.38. The number of halogens is 1. The number of pyridine rings is 1. The zero-order valence-corrected chi connectivity index (χ0v) is 16.4. The quantitative estimate of drug-likeness (QED) is 0.571. The topological polar surface area (TPSA) is 99.6 Å². The van der Waals surface area contributed by atoms with Crippen LogP contribution in [0.4, 0.5) is 10.2 Å². The maximum atomic E-state index is 14.0. The smallest absolute Gasteiger partial charge is 0.234 e. The number of anilines is 1. The van der Waals surface area contributed by atoms with Gasteiger partial charge in [0.15, 0.2) is 11.6 Å². The van der Waals surface area contributed by atoms with Crippen LogP contribution in [0.25, 0.3) is 0 Å². The van der Waals surface area contributed by atoms with Crippen LogP contribution < -0.4 is 5.32 Å². The summed E-state index contributed by atoms with van der Waals surface area (Å²) in [5, 5.41) is 12.4. The molecule has 2 N–H and O–H groups in total. The molecule has 0 radical (unpaired) electrons. The lowest BCUT2D eigenvalue weighted by Gasteiger charge is -2.28. The van der Waals surface area contributed by atoms with Crippen molar-refractivity contribution < 1.29 is 23.9 Å². The summed E-state index contributed by atoms with van der Waals surface area (Å²) in [6.45, 7) is 0. The van der Waals surface area contributed by atoms with Gasteiger partial charge in [0.2, 0.25) is 17.7 Å². The van der Waals surface area contributed by atoms with Gasteiger partial charge in [-0.15, -0.1) is 0 Å². The van der Waals surface area contributed by atoms with E-state index in [0.29, 0.717) is 5.56 Å². The molecule has 5 unspecified atom stereocenters. The van der Waals surface area contributed by atoms with Gasteiger partial charge in [0, 0.05) is 6.20 Å². The monoisotopic (exact) mass is 421 g/mol. The molecule has 1 saturated heterocycles. The summed E-state index contributed by atoms with van der Waals surface area (Å²) in [5.74, 6) is -2.69. The van der Waals surface area contributed by atoms with Crippen molar-refractivity contribution in [2.24, 2.45) is 23.7 Å². The lowest BCUT2D eigenvalue weighted by atomic mass is 9.85. The van der Waals surface area contributed by atoms with Crippen LogP contribution in [-0.2, 0) is 14.4 Å². The number of fused-ring (bicyclic) bond motifs is 5. The van der Waals surface area contributed by atoms with E-state index in [1.807, 2.05) is 12.2 Å². The number of benzene rings is 1. The Morgan fingerprint density at radius 1 is 1.16 bits per heavy atom. The number of allylic oxidation sites excluding steroid dienone is 2. The third kappa shape index (κ3) is 3.19. The molecule has 7 nitrogen and oxygen atoms in total. The van der Waals surface area contributed by atoms with Crippen LogP contribution in [0.5, 0.6) is 5.75 Å². The van der Waals surface area contributed by atoms with Crippen LogP contribution >= 0.6 is 0 Å². The van der Waals surface area contributed by atoms with Gasteiger partial charge in [-0.3, -0.25) is 19.3 Å². The van der Waals surface area contributed by atoms with E-state index >= 15 is 0 Å². The van der Waals surface area contributed by atoms with E-state index in [-0.39, 0.29) is 41.6 Å². The molecule has 0 spiro atoms. The van der Waals surface area contributed by atoms with E-state index in [1.54, 1.807) is 6.07 Å². The van der Waals surface area contributed by atoms with Gasteiger partial charge < -0.3 is 10.4 Å². The van der Waals surface area contributed by atoms with Gasteiger partial charge in [0.1, 0.15) is 5.82 Å². The first kappa shape index (κ1) is 19.4. The molecule has 31 heavy (non-hydrogen) atoms. The van der Waals surface area contributed by atoms with E-state index in [4.69, 9.17) is 0 Å². The molecule has 3 amide bonds. The fourth-order valence-electron chi connectivity index (χ4n) is 5.16. The molecular weight excluding hydrogens is 401 g/mol. The number of hydrogen-bond acceptors (Lipinski definition) is 5. The lowest BCUT2D eigenvalue weighted by molar-refractivity contribution is -0.144. The normalized spacial score (nSPS) is 26.9. The summed E-state index contributed by atoms with van der Waals surface area (Å²) >= 11 is 0. The number of aromatic hydroxyl groups is 1. The van der Waals surface area contributed by atoms with E-state index < -0.39 is 29.6 Å². The van der Waals surface area contributed by atoms with Crippen molar-refractivity contribution in [3.05, 3.63) is 66.1 Å². The van der Waals surface area contributed by atoms with Gasteiger partial charge in [0.25, 0.3) is 0 Å². The highest BCUT2D eigenvalue weighted by Gasteiger charge is 2.60. The van der Waals surface area contributed by atoms with Crippen LogP contribution in [0, 0.1) is 29.5 Å². The van der Waals surface area contributed by atoms with E-state index in [0.717, 1.165) is 11.3 Å². The van der Waals surface area contributed by atoms with Gasteiger partial charge in [-0.05, 0) is 48.1 Å².